The number of benzene rings is 1. The van der Waals surface area contributed by atoms with Crippen LogP contribution in [-0.2, 0) is 4.79 Å². The molecule has 21 heavy (non-hydrogen) atoms. The van der Waals surface area contributed by atoms with Gasteiger partial charge in [-0.25, -0.2) is 0 Å². The molecule has 0 aliphatic carbocycles. The Hall–Kier alpha value is -2.24. The Morgan fingerprint density at radius 2 is 1.95 bits per heavy atom. The van der Waals surface area contributed by atoms with E-state index in [-0.39, 0.29) is 12.5 Å². The van der Waals surface area contributed by atoms with E-state index in [1.54, 1.807) is 23.1 Å². The molecule has 1 fully saturated rings. The van der Waals surface area contributed by atoms with Gasteiger partial charge in [0.05, 0.1) is 5.92 Å². The van der Waals surface area contributed by atoms with Gasteiger partial charge in [0.15, 0.2) is 11.5 Å². The number of ether oxygens (including phenoxy) is 2. The predicted octanol–water partition coefficient (Wildman–Crippen LogP) is 1.39. The van der Waals surface area contributed by atoms with E-state index in [0.717, 1.165) is 0 Å². The number of carboxylic acids is 1. The van der Waals surface area contributed by atoms with Gasteiger partial charge in [-0.05, 0) is 31.0 Å². The van der Waals surface area contributed by atoms with Crippen molar-refractivity contribution in [1.29, 1.82) is 0 Å². The Morgan fingerprint density at radius 3 is 2.71 bits per heavy atom. The number of carboxylic acid groups (broad SMARTS) is 1. The van der Waals surface area contributed by atoms with Crippen LogP contribution in [-0.4, -0.2) is 48.2 Å². The second-order valence-corrected chi connectivity index (χ2v) is 5.29. The number of nitrogens with zero attached hydrogens (tertiary/aromatic N) is 1. The van der Waals surface area contributed by atoms with Crippen molar-refractivity contribution in [1.82, 2.24) is 4.90 Å². The van der Waals surface area contributed by atoms with Crippen molar-refractivity contribution in [2.75, 3.05) is 26.3 Å². The molecule has 6 nitrogen and oxygen atoms in total. The molecule has 0 spiro atoms. The quantitative estimate of drug-likeness (QED) is 0.891. The summed E-state index contributed by atoms with van der Waals surface area (Å²) in [6, 6.07) is 5.09. The lowest BCUT2D eigenvalue weighted by Gasteiger charge is -2.31. The summed E-state index contributed by atoms with van der Waals surface area (Å²) in [6.45, 7) is 1.84. The van der Waals surface area contributed by atoms with Crippen LogP contribution in [0.15, 0.2) is 18.2 Å². The molecule has 2 heterocycles. The van der Waals surface area contributed by atoms with Crippen molar-refractivity contribution >= 4 is 11.9 Å². The summed E-state index contributed by atoms with van der Waals surface area (Å²) in [5, 5.41) is 9.09. The number of hydrogen-bond donors (Lipinski definition) is 1. The first kappa shape index (κ1) is 13.7. The molecule has 1 amide bonds. The Balaban J connectivity index is 1.77. The van der Waals surface area contributed by atoms with E-state index in [1.165, 1.54) is 0 Å². The zero-order chi connectivity index (χ0) is 14.8. The summed E-state index contributed by atoms with van der Waals surface area (Å²) < 4.78 is 10.9. The van der Waals surface area contributed by atoms with Crippen LogP contribution < -0.4 is 9.47 Å². The van der Waals surface area contributed by atoms with Gasteiger partial charge >= 0.3 is 5.97 Å². The molecule has 3 rings (SSSR count). The van der Waals surface area contributed by atoms with Gasteiger partial charge in [-0.3, -0.25) is 9.59 Å². The molecular formula is C15H17NO5. The molecule has 1 saturated heterocycles. The molecule has 0 radical (unpaired) electrons. The Morgan fingerprint density at radius 1 is 1.19 bits per heavy atom. The standard InChI is InChI=1S/C15H17NO5/c17-14(16-5-1-2-11(9-16)15(18)19)10-3-4-12-13(8-10)21-7-6-20-12/h3-4,8,11H,1-2,5-7,9H2,(H,18,19)/t11-/m0/s1. The highest BCUT2D eigenvalue weighted by atomic mass is 16.6. The van der Waals surface area contributed by atoms with Gasteiger partial charge in [-0.15, -0.1) is 0 Å². The van der Waals surface area contributed by atoms with Gasteiger partial charge in [-0.2, -0.15) is 0 Å². The highest BCUT2D eigenvalue weighted by Crippen LogP contribution is 2.31. The molecule has 6 heteroatoms. The van der Waals surface area contributed by atoms with E-state index >= 15 is 0 Å². The van der Waals surface area contributed by atoms with E-state index in [2.05, 4.69) is 0 Å². The van der Waals surface area contributed by atoms with Gasteiger partial charge in [-0.1, -0.05) is 0 Å². The third-order valence-corrected chi connectivity index (χ3v) is 3.85. The first-order chi connectivity index (χ1) is 10.1. The minimum atomic E-state index is -0.838. The fourth-order valence-corrected chi connectivity index (χ4v) is 2.72. The summed E-state index contributed by atoms with van der Waals surface area (Å²) in [5.74, 6) is -0.258. The number of carbonyl (C=O) groups excluding carboxylic acids is 1. The highest BCUT2D eigenvalue weighted by Gasteiger charge is 2.29. The lowest BCUT2D eigenvalue weighted by atomic mass is 9.97. The van der Waals surface area contributed by atoms with Crippen molar-refractivity contribution in [2.24, 2.45) is 5.92 Å². The summed E-state index contributed by atoms with van der Waals surface area (Å²) >= 11 is 0. The molecule has 0 aromatic heterocycles. The van der Waals surface area contributed by atoms with Gasteiger partial charge in [0.25, 0.3) is 5.91 Å². The zero-order valence-electron chi connectivity index (χ0n) is 11.6. The van der Waals surface area contributed by atoms with E-state index < -0.39 is 11.9 Å². The van der Waals surface area contributed by atoms with Crippen LogP contribution >= 0.6 is 0 Å². The number of piperidine rings is 1. The summed E-state index contributed by atoms with van der Waals surface area (Å²) in [7, 11) is 0. The molecular weight excluding hydrogens is 274 g/mol. The largest absolute Gasteiger partial charge is 0.486 e. The normalized spacial score (nSPS) is 21.0. The number of carbonyl (C=O) groups is 2. The maximum atomic E-state index is 12.5. The summed E-state index contributed by atoms with van der Waals surface area (Å²) in [4.78, 5) is 25.2. The third-order valence-electron chi connectivity index (χ3n) is 3.85. The van der Waals surface area contributed by atoms with Crippen LogP contribution in [0, 0.1) is 5.92 Å². The third kappa shape index (κ3) is 2.79. The number of aliphatic carboxylic acids is 1. The van der Waals surface area contributed by atoms with Gasteiger partial charge in [0.1, 0.15) is 13.2 Å². The smallest absolute Gasteiger partial charge is 0.308 e. The van der Waals surface area contributed by atoms with E-state index in [1.807, 2.05) is 0 Å². The molecule has 2 aliphatic rings. The molecule has 112 valence electrons. The van der Waals surface area contributed by atoms with Crippen LogP contribution in [0.1, 0.15) is 23.2 Å². The van der Waals surface area contributed by atoms with Gasteiger partial charge in [0.2, 0.25) is 0 Å². The highest BCUT2D eigenvalue weighted by molar-refractivity contribution is 5.95. The first-order valence-corrected chi connectivity index (χ1v) is 7.07. The van der Waals surface area contributed by atoms with E-state index in [4.69, 9.17) is 14.6 Å². The van der Waals surface area contributed by atoms with E-state index in [9.17, 15) is 9.59 Å². The van der Waals surface area contributed by atoms with Crippen LogP contribution in [0.2, 0.25) is 0 Å². The summed E-state index contributed by atoms with van der Waals surface area (Å²) in [5.41, 5.74) is 0.505. The molecule has 1 atom stereocenters. The number of amides is 1. The molecule has 0 saturated carbocycles. The Bertz CT molecular complexity index is 571. The Kier molecular flexibility index (Phi) is 3.68. The lowest BCUT2D eigenvalue weighted by Crippen LogP contribution is -2.42. The van der Waals surface area contributed by atoms with Crippen LogP contribution in [0.5, 0.6) is 11.5 Å². The molecule has 1 aromatic rings. The lowest BCUT2D eigenvalue weighted by molar-refractivity contribution is -0.143. The number of hydrogen-bond acceptors (Lipinski definition) is 4. The fourth-order valence-electron chi connectivity index (χ4n) is 2.72. The second-order valence-electron chi connectivity index (χ2n) is 5.29. The molecule has 0 bridgehead atoms. The van der Waals surface area contributed by atoms with Crippen molar-refractivity contribution in [3.05, 3.63) is 23.8 Å². The fraction of sp³-hybridized carbons (Fsp3) is 0.467. The van der Waals surface area contributed by atoms with Gasteiger partial charge in [0, 0.05) is 18.7 Å². The first-order valence-electron chi connectivity index (χ1n) is 7.07. The maximum Gasteiger partial charge on any atom is 0.308 e. The number of fused-ring (bicyclic) bond motifs is 1. The van der Waals surface area contributed by atoms with Crippen molar-refractivity contribution in [2.45, 2.75) is 12.8 Å². The van der Waals surface area contributed by atoms with E-state index in [0.29, 0.717) is 49.7 Å². The predicted molar refractivity (Wildman–Crippen MR) is 73.7 cm³/mol. The van der Waals surface area contributed by atoms with Crippen molar-refractivity contribution in [3.8, 4) is 11.5 Å². The van der Waals surface area contributed by atoms with Crippen molar-refractivity contribution in [3.63, 3.8) is 0 Å². The summed E-state index contributed by atoms with van der Waals surface area (Å²) in [6.07, 6.45) is 1.34. The average Bonchev–Trinajstić information content (AvgIpc) is 2.53. The Labute approximate surface area is 122 Å². The topological polar surface area (TPSA) is 76.1 Å². The van der Waals surface area contributed by atoms with Crippen LogP contribution in [0.25, 0.3) is 0 Å². The molecule has 2 aliphatic heterocycles. The van der Waals surface area contributed by atoms with Crippen LogP contribution in [0.4, 0.5) is 0 Å². The molecule has 0 unspecified atom stereocenters. The SMILES string of the molecule is O=C(O)[C@H]1CCCN(C(=O)c2ccc3c(c2)OCCO3)C1. The second kappa shape index (κ2) is 5.63. The molecule has 1 aromatic carbocycles. The monoisotopic (exact) mass is 291 g/mol. The minimum Gasteiger partial charge on any atom is -0.486 e. The zero-order valence-corrected chi connectivity index (χ0v) is 11.6. The van der Waals surface area contributed by atoms with Crippen molar-refractivity contribution < 1.29 is 24.2 Å². The van der Waals surface area contributed by atoms with Gasteiger partial charge < -0.3 is 19.5 Å². The number of rotatable bonds is 2. The maximum absolute atomic E-state index is 12.5. The average molecular weight is 291 g/mol. The molecule has 1 N–H and O–H groups in total. The number of likely N-dealkylation sites (tertiary alicyclic amines) is 1. The van der Waals surface area contributed by atoms with Crippen LogP contribution in [0.3, 0.4) is 0 Å². The minimum absolute atomic E-state index is 0.155.